The van der Waals surface area contributed by atoms with E-state index >= 15 is 0 Å². The number of nitrogens with zero attached hydrogens (tertiary/aromatic N) is 4. The standard InChI is InChI=1S/C23H22N4/c1-4-18-9-11-19(12-10-18)22-23(26-25-20-7-5-6-16(2)14-20)27-15-17(3)8-13-21(27)24-22/h5-15H,4H2,1-3H3. The van der Waals surface area contributed by atoms with Gasteiger partial charge in [-0.2, -0.15) is 0 Å². The van der Waals surface area contributed by atoms with E-state index < -0.39 is 0 Å². The van der Waals surface area contributed by atoms with Crippen molar-refractivity contribution >= 4 is 17.2 Å². The van der Waals surface area contributed by atoms with Gasteiger partial charge in [0.05, 0.1) is 5.69 Å². The smallest absolute Gasteiger partial charge is 0.187 e. The molecule has 0 aliphatic carbocycles. The van der Waals surface area contributed by atoms with E-state index in [1.807, 2.05) is 28.7 Å². The second-order valence-electron chi connectivity index (χ2n) is 6.81. The van der Waals surface area contributed by atoms with Crippen LogP contribution in [0.3, 0.4) is 0 Å². The first-order valence-corrected chi connectivity index (χ1v) is 9.20. The minimum absolute atomic E-state index is 0.749. The van der Waals surface area contributed by atoms with Crippen molar-refractivity contribution in [3.8, 4) is 11.3 Å². The molecule has 0 atom stereocenters. The number of hydrogen-bond donors (Lipinski definition) is 0. The van der Waals surface area contributed by atoms with Gasteiger partial charge >= 0.3 is 0 Å². The largest absolute Gasteiger partial charge is 0.282 e. The molecule has 0 saturated heterocycles. The maximum atomic E-state index is 4.82. The van der Waals surface area contributed by atoms with Crippen molar-refractivity contribution in [2.45, 2.75) is 27.2 Å². The van der Waals surface area contributed by atoms with Crippen molar-refractivity contribution in [2.24, 2.45) is 10.2 Å². The van der Waals surface area contributed by atoms with Crippen molar-refractivity contribution in [1.29, 1.82) is 0 Å². The van der Waals surface area contributed by atoms with Gasteiger partial charge in [-0.15, -0.1) is 10.2 Å². The van der Waals surface area contributed by atoms with Crippen molar-refractivity contribution in [2.75, 3.05) is 0 Å². The summed E-state index contributed by atoms with van der Waals surface area (Å²) in [6.45, 7) is 6.28. The second kappa shape index (κ2) is 7.16. The minimum Gasteiger partial charge on any atom is -0.282 e. The molecule has 0 saturated carbocycles. The molecule has 134 valence electrons. The molecule has 2 aromatic carbocycles. The second-order valence-corrected chi connectivity index (χ2v) is 6.81. The molecule has 0 aliphatic heterocycles. The average Bonchev–Trinajstić information content (AvgIpc) is 3.04. The van der Waals surface area contributed by atoms with E-state index in [4.69, 9.17) is 4.98 Å². The van der Waals surface area contributed by atoms with Gasteiger partial charge in [0, 0.05) is 11.8 Å². The monoisotopic (exact) mass is 354 g/mol. The number of hydrogen-bond acceptors (Lipinski definition) is 3. The van der Waals surface area contributed by atoms with Crippen LogP contribution in [-0.2, 0) is 6.42 Å². The lowest BCUT2D eigenvalue weighted by Gasteiger charge is -2.02. The van der Waals surface area contributed by atoms with Gasteiger partial charge in [-0.3, -0.25) is 4.40 Å². The molecule has 2 heterocycles. The molecule has 4 rings (SSSR count). The first kappa shape index (κ1) is 17.2. The molecule has 0 spiro atoms. The van der Waals surface area contributed by atoms with Crippen LogP contribution in [0.4, 0.5) is 11.5 Å². The lowest BCUT2D eigenvalue weighted by Crippen LogP contribution is -1.85. The Morgan fingerprint density at radius 2 is 1.70 bits per heavy atom. The zero-order valence-corrected chi connectivity index (χ0v) is 15.8. The Labute approximate surface area is 159 Å². The highest BCUT2D eigenvalue weighted by Crippen LogP contribution is 2.32. The molecule has 0 aliphatic rings. The van der Waals surface area contributed by atoms with E-state index in [9.17, 15) is 0 Å². The molecule has 4 heteroatoms. The molecule has 4 aromatic rings. The Bertz CT molecular complexity index is 1120. The lowest BCUT2D eigenvalue weighted by atomic mass is 10.1. The summed E-state index contributed by atoms with van der Waals surface area (Å²) in [5.41, 5.74) is 7.22. The zero-order chi connectivity index (χ0) is 18.8. The number of imidazole rings is 1. The Morgan fingerprint density at radius 1 is 0.889 bits per heavy atom. The predicted molar refractivity (Wildman–Crippen MR) is 110 cm³/mol. The number of aromatic nitrogens is 2. The fourth-order valence-electron chi connectivity index (χ4n) is 3.12. The molecule has 0 bridgehead atoms. The SMILES string of the molecule is CCc1ccc(-c2nc3ccc(C)cn3c2N=Nc2cccc(C)c2)cc1. The fourth-order valence-corrected chi connectivity index (χ4v) is 3.12. The molecule has 0 N–H and O–H groups in total. The molecular formula is C23H22N4. The Morgan fingerprint density at radius 3 is 2.44 bits per heavy atom. The van der Waals surface area contributed by atoms with E-state index in [-0.39, 0.29) is 0 Å². The van der Waals surface area contributed by atoms with Gasteiger partial charge in [0.25, 0.3) is 0 Å². The summed E-state index contributed by atoms with van der Waals surface area (Å²) < 4.78 is 2.01. The molecular weight excluding hydrogens is 332 g/mol. The average molecular weight is 354 g/mol. The molecule has 0 fully saturated rings. The van der Waals surface area contributed by atoms with Crippen LogP contribution in [0.15, 0.2) is 77.1 Å². The van der Waals surface area contributed by atoms with Gasteiger partial charge in [-0.05, 0) is 55.2 Å². The number of fused-ring (bicyclic) bond motifs is 1. The van der Waals surface area contributed by atoms with Gasteiger partial charge in [0.15, 0.2) is 5.82 Å². The molecule has 27 heavy (non-hydrogen) atoms. The summed E-state index contributed by atoms with van der Waals surface area (Å²) in [6.07, 6.45) is 3.07. The van der Waals surface area contributed by atoms with E-state index in [0.29, 0.717) is 0 Å². The summed E-state index contributed by atoms with van der Waals surface area (Å²) in [6, 6.07) is 20.6. The number of rotatable bonds is 4. The maximum absolute atomic E-state index is 4.82. The minimum atomic E-state index is 0.749. The summed E-state index contributed by atoms with van der Waals surface area (Å²) in [4.78, 5) is 4.82. The summed E-state index contributed by atoms with van der Waals surface area (Å²) in [7, 11) is 0. The van der Waals surface area contributed by atoms with Gasteiger partial charge in [-0.1, -0.05) is 49.4 Å². The third-order valence-corrected chi connectivity index (χ3v) is 4.64. The summed E-state index contributed by atoms with van der Waals surface area (Å²) in [5.74, 6) is 0.749. The van der Waals surface area contributed by atoms with Crippen molar-refractivity contribution < 1.29 is 0 Å². The van der Waals surface area contributed by atoms with Crippen LogP contribution in [-0.4, -0.2) is 9.38 Å². The van der Waals surface area contributed by atoms with Gasteiger partial charge in [-0.25, -0.2) is 4.98 Å². The van der Waals surface area contributed by atoms with Crippen LogP contribution in [0, 0.1) is 13.8 Å². The highest BCUT2D eigenvalue weighted by atomic mass is 15.2. The van der Waals surface area contributed by atoms with Crippen LogP contribution < -0.4 is 0 Å². The predicted octanol–water partition coefficient (Wildman–Crippen LogP) is 6.60. The fraction of sp³-hybridized carbons (Fsp3) is 0.174. The van der Waals surface area contributed by atoms with Crippen molar-refractivity contribution in [3.63, 3.8) is 0 Å². The van der Waals surface area contributed by atoms with Crippen molar-refractivity contribution in [3.05, 3.63) is 83.6 Å². The van der Waals surface area contributed by atoms with Crippen LogP contribution in [0.5, 0.6) is 0 Å². The molecule has 0 amide bonds. The summed E-state index contributed by atoms with van der Waals surface area (Å²) in [5, 5.41) is 9.06. The summed E-state index contributed by atoms with van der Waals surface area (Å²) >= 11 is 0. The number of azo groups is 1. The quantitative estimate of drug-likeness (QED) is 0.381. The van der Waals surface area contributed by atoms with E-state index in [1.54, 1.807) is 0 Å². The molecule has 0 radical (unpaired) electrons. The Hall–Kier alpha value is -3.27. The molecule has 2 aromatic heterocycles. The maximum Gasteiger partial charge on any atom is 0.187 e. The lowest BCUT2D eigenvalue weighted by molar-refractivity contribution is 1.09. The third-order valence-electron chi connectivity index (χ3n) is 4.64. The van der Waals surface area contributed by atoms with E-state index in [2.05, 4.69) is 73.6 Å². The van der Waals surface area contributed by atoms with Crippen LogP contribution in [0.1, 0.15) is 23.6 Å². The number of aryl methyl sites for hydroxylation is 3. The molecule has 0 unspecified atom stereocenters. The first-order chi connectivity index (χ1) is 13.1. The van der Waals surface area contributed by atoms with Gasteiger partial charge < -0.3 is 0 Å². The van der Waals surface area contributed by atoms with E-state index in [1.165, 1.54) is 5.56 Å². The van der Waals surface area contributed by atoms with E-state index in [0.717, 1.165) is 46.0 Å². The Balaban J connectivity index is 1.86. The van der Waals surface area contributed by atoms with Crippen LogP contribution in [0.2, 0.25) is 0 Å². The zero-order valence-electron chi connectivity index (χ0n) is 15.8. The highest BCUT2D eigenvalue weighted by molar-refractivity contribution is 5.74. The first-order valence-electron chi connectivity index (χ1n) is 9.20. The molecule has 4 nitrogen and oxygen atoms in total. The van der Waals surface area contributed by atoms with Crippen LogP contribution >= 0.6 is 0 Å². The normalized spacial score (nSPS) is 11.5. The van der Waals surface area contributed by atoms with Gasteiger partial charge in [0.1, 0.15) is 11.3 Å². The van der Waals surface area contributed by atoms with Crippen LogP contribution in [0.25, 0.3) is 16.9 Å². The highest BCUT2D eigenvalue weighted by Gasteiger charge is 2.14. The van der Waals surface area contributed by atoms with Gasteiger partial charge in [0.2, 0.25) is 0 Å². The third kappa shape index (κ3) is 3.51. The number of pyridine rings is 1. The Kier molecular flexibility index (Phi) is 4.55. The number of benzene rings is 2. The van der Waals surface area contributed by atoms with Crippen molar-refractivity contribution in [1.82, 2.24) is 9.38 Å². The topological polar surface area (TPSA) is 42.0 Å².